The molecule has 0 spiro atoms. The summed E-state index contributed by atoms with van der Waals surface area (Å²) in [6.07, 6.45) is 1.54. The molecule has 0 saturated heterocycles. The molecule has 0 radical (unpaired) electrons. The smallest absolute Gasteiger partial charge is 0.282 e. The molecule has 2 heterocycles. The van der Waals surface area contributed by atoms with Gasteiger partial charge in [-0.15, -0.1) is 0 Å². The van der Waals surface area contributed by atoms with E-state index >= 15 is 0 Å². The summed E-state index contributed by atoms with van der Waals surface area (Å²) < 4.78 is 13.9. The number of furan rings is 1. The van der Waals surface area contributed by atoms with Crippen LogP contribution in [0.1, 0.15) is 16.7 Å². The highest BCUT2D eigenvalue weighted by atomic mass is 79.9. The third kappa shape index (κ3) is 5.28. The number of hydrogen-bond acceptors (Lipinski definition) is 5. The zero-order chi connectivity index (χ0) is 27.8. The predicted molar refractivity (Wildman–Crippen MR) is 164 cm³/mol. The van der Waals surface area contributed by atoms with Gasteiger partial charge in [-0.05, 0) is 82.5 Å². The van der Waals surface area contributed by atoms with Gasteiger partial charge in [0, 0.05) is 10.4 Å². The Kier molecular flexibility index (Phi) is 7.19. The molecule has 0 aliphatic rings. The van der Waals surface area contributed by atoms with Gasteiger partial charge in [-0.3, -0.25) is 4.79 Å². The van der Waals surface area contributed by atoms with E-state index in [9.17, 15) is 4.79 Å². The Morgan fingerprint density at radius 3 is 2.70 bits per heavy atom. The van der Waals surface area contributed by atoms with Crippen LogP contribution < -0.4 is 10.3 Å². The van der Waals surface area contributed by atoms with Gasteiger partial charge in [0.05, 0.1) is 26.6 Å². The molecule has 6 nitrogen and oxygen atoms in total. The molecule has 0 aliphatic carbocycles. The minimum absolute atomic E-state index is 0.260. The van der Waals surface area contributed by atoms with E-state index in [-0.39, 0.29) is 11.4 Å². The summed E-state index contributed by atoms with van der Waals surface area (Å²) in [6, 6.07) is 25.8. The minimum Gasteiger partial charge on any atom is -0.486 e. The topological polar surface area (TPSA) is 69.6 Å². The minimum atomic E-state index is -0.335. The number of fused-ring (bicyclic) bond motifs is 2. The second-order valence-electron chi connectivity index (χ2n) is 9.20. The molecule has 9 heteroatoms. The van der Waals surface area contributed by atoms with Crippen LogP contribution in [0.15, 0.2) is 104 Å². The maximum absolute atomic E-state index is 13.5. The third-order valence-electron chi connectivity index (χ3n) is 6.26. The van der Waals surface area contributed by atoms with Crippen LogP contribution in [0, 0.1) is 6.92 Å². The third-order valence-corrected chi connectivity index (χ3v) is 7.37. The lowest BCUT2D eigenvalue weighted by molar-refractivity contribution is 0.304. The van der Waals surface area contributed by atoms with Crippen molar-refractivity contribution >= 4 is 67.2 Å². The van der Waals surface area contributed by atoms with Gasteiger partial charge >= 0.3 is 0 Å². The highest BCUT2D eigenvalue weighted by Gasteiger charge is 2.17. The fourth-order valence-electron chi connectivity index (χ4n) is 4.39. The van der Waals surface area contributed by atoms with Crippen molar-refractivity contribution in [3.05, 3.63) is 126 Å². The second kappa shape index (κ2) is 10.9. The summed E-state index contributed by atoms with van der Waals surface area (Å²) in [6.45, 7) is 2.41. The molecule has 0 N–H and O–H groups in total. The summed E-state index contributed by atoms with van der Waals surface area (Å²) in [5, 5.41) is 6.72. The molecule has 0 bridgehead atoms. The molecule has 4 aromatic carbocycles. The van der Waals surface area contributed by atoms with Crippen LogP contribution >= 0.6 is 39.1 Å². The Morgan fingerprint density at radius 2 is 1.88 bits per heavy atom. The van der Waals surface area contributed by atoms with Gasteiger partial charge in [0.15, 0.2) is 11.5 Å². The van der Waals surface area contributed by atoms with Crippen molar-refractivity contribution in [1.29, 1.82) is 0 Å². The molecule has 198 valence electrons. The Balaban J connectivity index is 1.38. The highest BCUT2D eigenvalue weighted by Crippen LogP contribution is 2.35. The Morgan fingerprint density at radius 1 is 1.02 bits per heavy atom. The van der Waals surface area contributed by atoms with Gasteiger partial charge in [0.1, 0.15) is 12.2 Å². The van der Waals surface area contributed by atoms with E-state index in [0.29, 0.717) is 54.7 Å². The first-order valence-electron chi connectivity index (χ1n) is 12.3. The van der Waals surface area contributed by atoms with E-state index in [1.807, 2.05) is 37.3 Å². The summed E-state index contributed by atoms with van der Waals surface area (Å²) in [7, 11) is 0. The van der Waals surface area contributed by atoms with Crippen molar-refractivity contribution in [3.8, 4) is 17.3 Å². The van der Waals surface area contributed by atoms with Crippen LogP contribution in [0.25, 0.3) is 33.5 Å². The van der Waals surface area contributed by atoms with Gasteiger partial charge in [-0.25, -0.2) is 4.98 Å². The lowest BCUT2D eigenvalue weighted by atomic mass is 10.1. The molecule has 6 aromatic rings. The van der Waals surface area contributed by atoms with Crippen molar-refractivity contribution in [2.24, 2.45) is 5.10 Å². The number of benzene rings is 4. The summed E-state index contributed by atoms with van der Waals surface area (Å²) in [5.74, 6) is 1.17. The van der Waals surface area contributed by atoms with Crippen molar-refractivity contribution in [2.75, 3.05) is 0 Å². The first-order valence-corrected chi connectivity index (χ1v) is 13.8. The SMILES string of the molecule is Cc1cccc(COc2c(Cl)cc(C=Nn3c(-c4cc5cc(Cl)ccc5o4)nc4ccccc4c3=O)cc2Br)c1. The summed E-state index contributed by atoms with van der Waals surface area (Å²) >= 11 is 16.3. The number of ether oxygens (including phenoxy) is 1. The monoisotopic (exact) mass is 631 g/mol. The molecular weight excluding hydrogens is 613 g/mol. The van der Waals surface area contributed by atoms with Crippen LogP contribution in [-0.4, -0.2) is 15.9 Å². The molecular formula is C31H20BrCl2N3O3. The van der Waals surface area contributed by atoms with Crippen LogP contribution in [0.2, 0.25) is 10.0 Å². The van der Waals surface area contributed by atoms with Crippen LogP contribution in [0.5, 0.6) is 5.75 Å². The quantitative estimate of drug-likeness (QED) is 0.172. The predicted octanol–water partition coefficient (Wildman–Crippen LogP) is 8.65. The van der Waals surface area contributed by atoms with E-state index in [0.717, 1.165) is 16.5 Å². The van der Waals surface area contributed by atoms with Crippen LogP contribution in [-0.2, 0) is 6.61 Å². The highest BCUT2D eigenvalue weighted by molar-refractivity contribution is 9.10. The maximum atomic E-state index is 13.5. The number of rotatable bonds is 6. The van der Waals surface area contributed by atoms with E-state index in [4.69, 9.17) is 37.3 Å². The maximum Gasteiger partial charge on any atom is 0.282 e. The number of nitrogens with zero attached hydrogens (tertiary/aromatic N) is 3. The van der Waals surface area contributed by atoms with E-state index in [2.05, 4.69) is 27.1 Å². The average molecular weight is 633 g/mol. The molecule has 6 rings (SSSR count). The fraction of sp³-hybridized carbons (Fsp3) is 0.0645. The standard InChI is InChI=1S/C31H20BrCl2N3O3/c1-18-5-4-6-19(11-18)17-39-29-24(32)12-20(13-25(29)34)16-35-37-30(36-26-8-3-2-7-23(26)31(37)38)28-15-21-14-22(33)9-10-27(21)40-28/h2-16H,17H2,1H3. The van der Waals surface area contributed by atoms with Gasteiger partial charge in [0.2, 0.25) is 5.82 Å². The van der Waals surface area contributed by atoms with E-state index in [1.165, 1.54) is 4.68 Å². The Labute approximate surface area is 247 Å². The zero-order valence-corrected chi connectivity index (χ0v) is 24.2. The van der Waals surface area contributed by atoms with Crippen molar-refractivity contribution in [2.45, 2.75) is 13.5 Å². The normalized spacial score (nSPS) is 11.6. The van der Waals surface area contributed by atoms with Crippen LogP contribution in [0.4, 0.5) is 0 Å². The molecule has 0 atom stereocenters. The Bertz CT molecular complexity index is 1980. The number of para-hydroxylation sites is 1. The fourth-order valence-corrected chi connectivity index (χ4v) is 5.56. The van der Waals surface area contributed by atoms with Gasteiger partial charge in [-0.1, -0.05) is 65.2 Å². The molecule has 0 amide bonds. The van der Waals surface area contributed by atoms with Crippen molar-refractivity contribution in [1.82, 2.24) is 9.66 Å². The molecule has 0 unspecified atom stereocenters. The molecule has 0 saturated carbocycles. The van der Waals surface area contributed by atoms with Gasteiger partial charge < -0.3 is 9.15 Å². The summed E-state index contributed by atoms with van der Waals surface area (Å²) in [4.78, 5) is 18.2. The molecule has 0 aliphatic heterocycles. The van der Waals surface area contributed by atoms with Gasteiger partial charge in [0.25, 0.3) is 5.56 Å². The lowest BCUT2D eigenvalue weighted by Gasteiger charge is -2.12. The lowest BCUT2D eigenvalue weighted by Crippen LogP contribution is -2.20. The van der Waals surface area contributed by atoms with Gasteiger partial charge in [-0.2, -0.15) is 9.78 Å². The van der Waals surface area contributed by atoms with E-state index < -0.39 is 0 Å². The number of halogens is 3. The van der Waals surface area contributed by atoms with Crippen molar-refractivity contribution in [3.63, 3.8) is 0 Å². The van der Waals surface area contributed by atoms with Crippen molar-refractivity contribution < 1.29 is 9.15 Å². The largest absolute Gasteiger partial charge is 0.486 e. The first kappa shape index (κ1) is 26.3. The average Bonchev–Trinajstić information content (AvgIpc) is 3.35. The molecule has 40 heavy (non-hydrogen) atoms. The Hall–Kier alpha value is -3.91. The van der Waals surface area contributed by atoms with E-state index in [1.54, 1.807) is 54.7 Å². The zero-order valence-electron chi connectivity index (χ0n) is 21.1. The number of hydrogen-bond donors (Lipinski definition) is 0. The van der Waals surface area contributed by atoms with Crippen LogP contribution in [0.3, 0.4) is 0 Å². The first-order chi connectivity index (χ1) is 19.4. The number of aromatic nitrogens is 2. The molecule has 0 fully saturated rings. The second-order valence-corrected chi connectivity index (χ2v) is 10.9. The molecule has 2 aromatic heterocycles. The number of aryl methyl sites for hydroxylation is 1. The summed E-state index contributed by atoms with van der Waals surface area (Å²) in [5.41, 5.74) is 3.67.